The van der Waals surface area contributed by atoms with Crippen molar-refractivity contribution < 1.29 is 9.90 Å². The quantitative estimate of drug-likeness (QED) is 0.770. The fourth-order valence-electron chi connectivity index (χ4n) is 1.29. The molecule has 1 amide bonds. The zero-order valence-electron chi connectivity index (χ0n) is 10.7. The Kier molecular flexibility index (Phi) is 6.44. The van der Waals surface area contributed by atoms with E-state index in [0.717, 1.165) is 10.4 Å². The van der Waals surface area contributed by atoms with E-state index >= 15 is 0 Å². The fraction of sp³-hybridized carbons (Fsp3) is 0.462. The summed E-state index contributed by atoms with van der Waals surface area (Å²) in [6.07, 6.45) is 0.491. The first-order chi connectivity index (χ1) is 8.61. The number of nitrogens with one attached hydrogen (secondary N) is 1. The first-order valence-electron chi connectivity index (χ1n) is 5.70. The summed E-state index contributed by atoms with van der Waals surface area (Å²) < 4.78 is 0. The summed E-state index contributed by atoms with van der Waals surface area (Å²) in [4.78, 5) is 14.3. The lowest BCUT2D eigenvalue weighted by atomic mass is 10.3. The number of carbonyl (C=O) groups excluding carboxylic acids is 1. The van der Waals surface area contributed by atoms with Gasteiger partial charge in [0, 0.05) is 22.2 Å². The van der Waals surface area contributed by atoms with Crippen LogP contribution in [0.3, 0.4) is 0 Å². The van der Waals surface area contributed by atoms with E-state index in [9.17, 15) is 4.79 Å². The van der Waals surface area contributed by atoms with Gasteiger partial charge in [0.15, 0.2) is 0 Å². The second kappa shape index (κ2) is 7.88. The van der Waals surface area contributed by atoms with E-state index in [-0.39, 0.29) is 12.5 Å². The summed E-state index contributed by atoms with van der Waals surface area (Å²) in [5.41, 5.74) is 0.935. The van der Waals surface area contributed by atoms with Gasteiger partial charge >= 0.3 is 0 Å². The fourth-order valence-corrected chi connectivity index (χ4v) is 2.04. The summed E-state index contributed by atoms with van der Waals surface area (Å²) in [5.74, 6) is 5.85. The Hall–Kier alpha value is -1.35. The molecule has 0 saturated carbocycles. The summed E-state index contributed by atoms with van der Waals surface area (Å²) in [7, 11) is 3.72. The molecule has 98 valence electrons. The first-order valence-corrected chi connectivity index (χ1v) is 6.58. The third-order valence-corrected chi connectivity index (χ3v) is 2.98. The van der Waals surface area contributed by atoms with E-state index in [2.05, 4.69) is 17.2 Å². The minimum absolute atomic E-state index is 0.0151. The number of hydrogen-bond donors (Lipinski definition) is 2. The predicted octanol–water partition coefficient (Wildman–Crippen LogP) is 0.660. The molecule has 1 rings (SSSR count). The minimum atomic E-state index is 0.0151. The van der Waals surface area contributed by atoms with Crippen LogP contribution in [0.1, 0.15) is 16.9 Å². The molecule has 0 aliphatic rings. The molecule has 2 N–H and O–H groups in total. The SMILES string of the molecule is CN(C)CC(=O)NCc1cc(C#CCCO)cs1. The number of aliphatic hydroxyl groups is 1. The minimum Gasteiger partial charge on any atom is -0.395 e. The molecule has 1 aromatic heterocycles. The molecule has 0 bridgehead atoms. The van der Waals surface area contributed by atoms with Gasteiger partial charge in [0.1, 0.15) is 0 Å². The van der Waals surface area contributed by atoms with Crippen molar-refractivity contribution in [1.82, 2.24) is 10.2 Å². The maximum Gasteiger partial charge on any atom is 0.234 e. The van der Waals surface area contributed by atoms with Crippen LogP contribution in [0.4, 0.5) is 0 Å². The zero-order valence-corrected chi connectivity index (χ0v) is 11.5. The Labute approximate surface area is 112 Å². The molecule has 0 aromatic carbocycles. The van der Waals surface area contributed by atoms with Crippen LogP contribution in [0.25, 0.3) is 0 Å². The van der Waals surface area contributed by atoms with Gasteiger partial charge in [-0.1, -0.05) is 11.8 Å². The average molecular weight is 266 g/mol. The van der Waals surface area contributed by atoms with Crippen LogP contribution in [-0.4, -0.2) is 43.2 Å². The molecular formula is C13H18N2O2S. The molecule has 0 radical (unpaired) electrons. The van der Waals surface area contributed by atoms with Crippen molar-refractivity contribution in [2.75, 3.05) is 27.2 Å². The van der Waals surface area contributed by atoms with Crippen molar-refractivity contribution in [2.45, 2.75) is 13.0 Å². The zero-order chi connectivity index (χ0) is 13.4. The molecule has 0 aliphatic carbocycles. The van der Waals surface area contributed by atoms with Crippen LogP contribution in [0.15, 0.2) is 11.4 Å². The predicted molar refractivity (Wildman–Crippen MR) is 73.3 cm³/mol. The highest BCUT2D eigenvalue weighted by Crippen LogP contribution is 2.13. The van der Waals surface area contributed by atoms with Crippen LogP contribution >= 0.6 is 11.3 Å². The molecule has 18 heavy (non-hydrogen) atoms. The Morgan fingerprint density at radius 3 is 3.00 bits per heavy atom. The number of aliphatic hydroxyl groups excluding tert-OH is 1. The van der Waals surface area contributed by atoms with Gasteiger partial charge in [0.05, 0.1) is 19.7 Å². The molecule has 0 atom stereocenters. The third-order valence-electron chi connectivity index (χ3n) is 2.04. The maximum atomic E-state index is 11.4. The molecular weight excluding hydrogens is 248 g/mol. The number of nitrogens with zero attached hydrogens (tertiary/aromatic N) is 1. The van der Waals surface area contributed by atoms with Crippen molar-refractivity contribution >= 4 is 17.2 Å². The highest BCUT2D eigenvalue weighted by Gasteiger charge is 2.03. The monoisotopic (exact) mass is 266 g/mol. The van der Waals surface area contributed by atoms with E-state index in [4.69, 9.17) is 5.11 Å². The third kappa shape index (κ3) is 5.82. The number of rotatable bonds is 5. The molecule has 4 nitrogen and oxygen atoms in total. The first kappa shape index (κ1) is 14.7. The molecule has 0 saturated heterocycles. The van der Waals surface area contributed by atoms with Crippen LogP contribution in [0.5, 0.6) is 0 Å². The van der Waals surface area contributed by atoms with E-state index in [0.29, 0.717) is 19.5 Å². The van der Waals surface area contributed by atoms with Crippen molar-refractivity contribution in [3.05, 3.63) is 21.9 Å². The number of likely N-dealkylation sites (N-methyl/N-ethyl adjacent to an activating group) is 1. The maximum absolute atomic E-state index is 11.4. The van der Waals surface area contributed by atoms with Gasteiger partial charge in [0.2, 0.25) is 5.91 Å². The van der Waals surface area contributed by atoms with Crippen molar-refractivity contribution in [3.8, 4) is 11.8 Å². The van der Waals surface area contributed by atoms with E-state index in [1.807, 2.05) is 30.4 Å². The Balaban J connectivity index is 2.40. The van der Waals surface area contributed by atoms with Crippen LogP contribution < -0.4 is 5.32 Å². The number of thiophene rings is 1. The molecule has 1 heterocycles. The van der Waals surface area contributed by atoms with Gasteiger partial charge in [0.25, 0.3) is 0 Å². The van der Waals surface area contributed by atoms with Crippen molar-refractivity contribution in [2.24, 2.45) is 0 Å². The molecule has 1 aromatic rings. The topological polar surface area (TPSA) is 52.6 Å². The Morgan fingerprint density at radius 1 is 1.56 bits per heavy atom. The van der Waals surface area contributed by atoms with Gasteiger partial charge in [-0.05, 0) is 20.2 Å². The summed E-state index contributed by atoms with van der Waals surface area (Å²) in [5, 5.41) is 13.4. The highest BCUT2D eigenvalue weighted by atomic mass is 32.1. The number of hydrogen-bond acceptors (Lipinski definition) is 4. The van der Waals surface area contributed by atoms with E-state index in [1.165, 1.54) is 0 Å². The van der Waals surface area contributed by atoms with E-state index in [1.54, 1.807) is 11.3 Å². The highest BCUT2D eigenvalue weighted by molar-refractivity contribution is 7.10. The lowest BCUT2D eigenvalue weighted by Gasteiger charge is -2.08. The molecule has 0 aliphatic heterocycles. The molecule has 0 spiro atoms. The number of amides is 1. The molecule has 5 heteroatoms. The molecule has 0 unspecified atom stereocenters. The van der Waals surface area contributed by atoms with E-state index < -0.39 is 0 Å². The smallest absolute Gasteiger partial charge is 0.234 e. The second-order valence-electron chi connectivity index (χ2n) is 4.09. The number of carbonyl (C=O) groups is 1. The van der Waals surface area contributed by atoms with Gasteiger partial charge in [-0.25, -0.2) is 0 Å². The largest absolute Gasteiger partial charge is 0.395 e. The normalized spacial score (nSPS) is 10.0. The van der Waals surface area contributed by atoms with Crippen LogP contribution in [0.2, 0.25) is 0 Å². The Morgan fingerprint density at radius 2 is 2.33 bits per heavy atom. The second-order valence-corrected chi connectivity index (χ2v) is 5.09. The van der Waals surface area contributed by atoms with Gasteiger partial charge in [-0.2, -0.15) is 0 Å². The van der Waals surface area contributed by atoms with Gasteiger partial charge in [-0.3, -0.25) is 4.79 Å². The Bertz CT molecular complexity index is 443. The lowest BCUT2D eigenvalue weighted by Crippen LogP contribution is -2.32. The lowest BCUT2D eigenvalue weighted by molar-refractivity contribution is -0.121. The summed E-state index contributed by atoms with van der Waals surface area (Å²) in [6.45, 7) is 1.03. The standard InChI is InChI=1S/C13H18N2O2S/c1-15(2)9-13(17)14-8-12-7-11(10-18-12)5-3-4-6-16/h7,10,16H,4,6,8-9H2,1-2H3,(H,14,17). The summed E-state index contributed by atoms with van der Waals surface area (Å²) >= 11 is 1.58. The van der Waals surface area contributed by atoms with Crippen molar-refractivity contribution in [1.29, 1.82) is 0 Å². The van der Waals surface area contributed by atoms with Crippen molar-refractivity contribution in [3.63, 3.8) is 0 Å². The van der Waals surface area contributed by atoms with Gasteiger partial charge < -0.3 is 15.3 Å². The van der Waals surface area contributed by atoms with Gasteiger partial charge in [-0.15, -0.1) is 11.3 Å². The van der Waals surface area contributed by atoms with Crippen LogP contribution in [0, 0.1) is 11.8 Å². The molecule has 0 fully saturated rings. The van der Waals surface area contributed by atoms with Crippen LogP contribution in [-0.2, 0) is 11.3 Å². The average Bonchev–Trinajstić information content (AvgIpc) is 2.74. The summed E-state index contributed by atoms with van der Waals surface area (Å²) in [6, 6.07) is 1.96.